The van der Waals surface area contributed by atoms with E-state index >= 15 is 0 Å². The second-order valence-electron chi connectivity index (χ2n) is 3.73. The highest BCUT2D eigenvalue weighted by atomic mass is 32.2. The van der Waals surface area contributed by atoms with Crippen molar-refractivity contribution in [3.63, 3.8) is 0 Å². The fraction of sp³-hybridized carbons (Fsp3) is 0.600. The number of nitrogens with one attached hydrogen (secondary N) is 2. The number of H-pyrrole nitrogens is 1. The van der Waals surface area contributed by atoms with Crippen LogP contribution in [0.25, 0.3) is 0 Å². The lowest BCUT2D eigenvalue weighted by molar-refractivity contribution is -0.144. The Labute approximate surface area is 99.0 Å². The minimum atomic E-state index is -0.830. The van der Waals surface area contributed by atoms with Crippen molar-refractivity contribution in [2.24, 2.45) is 0 Å². The quantitative estimate of drug-likeness (QED) is 0.497. The van der Waals surface area contributed by atoms with Gasteiger partial charge in [0.1, 0.15) is 5.54 Å². The predicted molar refractivity (Wildman–Crippen MR) is 63.6 cm³/mol. The molecule has 5 nitrogen and oxygen atoms in total. The molecule has 1 unspecified atom stereocenters. The number of thioether (sulfide) groups is 1. The molecule has 0 bridgehead atoms. The molecule has 0 saturated carbocycles. The first kappa shape index (κ1) is 13.1. The summed E-state index contributed by atoms with van der Waals surface area (Å²) in [4.78, 5) is 18.1. The largest absolute Gasteiger partial charge is 0.480 e. The summed E-state index contributed by atoms with van der Waals surface area (Å²) in [7, 11) is 1.67. The van der Waals surface area contributed by atoms with Crippen LogP contribution in [0.5, 0.6) is 0 Å². The van der Waals surface area contributed by atoms with Gasteiger partial charge in [0.2, 0.25) is 0 Å². The standard InChI is InChI=1S/C10H17N3O2S/c1-10(11-2,8(14)15)4-3-7-16-9-12-5-6-13-9/h5-6,11H,3-4,7H2,1-2H3,(H,12,13)(H,14,15). The molecule has 1 aromatic heterocycles. The Bertz CT molecular complexity index is 329. The molecule has 1 aromatic rings. The zero-order valence-corrected chi connectivity index (χ0v) is 10.3. The van der Waals surface area contributed by atoms with E-state index < -0.39 is 11.5 Å². The molecule has 0 radical (unpaired) electrons. The van der Waals surface area contributed by atoms with Gasteiger partial charge in [0.25, 0.3) is 0 Å². The first-order chi connectivity index (χ1) is 7.58. The van der Waals surface area contributed by atoms with E-state index in [2.05, 4.69) is 15.3 Å². The summed E-state index contributed by atoms with van der Waals surface area (Å²) in [6, 6.07) is 0. The number of aromatic amines is 1. The van der Waals surface area contributed by atoms with Crippen molar-refractivity contribution in [3.8, 4) is 0 Å². The van der Waals surface area contributed by atoms with Crippen LogP contribution in [-0.4, -0.2) is 39.4 Å². The summed E-state index contributed by atoms with van der Waals surface area (Å²) in [6.07, 6.45) is 4.91. The third kappa shape index (κ3) is 3.53. The first-order valence-corrected chi connectivity index (χ1v) is 6.11. The minimum Gasteiger partial charge on any atom is -0.480 e. The number of hydrogen-bond donors (Lipinski definition) is 3. The fourth-order valence-corrected chi connectivity index (χ4v) is 2.03. The van der Waals surface area contributed by atoms with E-state index in [4.69, 9.17) is 5.11 Å². The van der Waals surface area contributed by atoms with Gasteiger partial charge in [-0.25, -0.2) is 4.98 Å². The van der Waals surface area contributed by atoms with Gasteiger partial charge in [-0.1, -0.05) is 11.8 Å². The lowest BCUT2D eigenvalue weighted by atomic mass is 9.97. The summed E-state index contributed by atoms with van der Waals surface area (Å²) in [6.45, 7) is 1.70. The Morgan fingerprint density at radius 2 is 2.50 bits per heavy atom. The molecule has 0 spiro atoms. The maximum absolute atomic E-state index is 11.0. The monoisotopic (exact) mass is 243 g/mol. The number of carbonyl (C=O) groups is 1. The predicted octanol–water partition coefficient (Wildman–Crippen LogP) is 1.34. The number of nitrogens with zero attached hydrogens (tertiary/aromatic N) is 1. The highest BCUT2D eigenvalue weighted by Crippen LogP contribution is 2.18. The third-order valence-corrected chi connectivity index (χ3v) is 3.55. The smallest absolute Gasteiger partial charge is 0.323 e. The molecule has 0 aliphatic carbocycles. The maximum atomic E-state index is 11.0. The van der Waals surface area contributed by atoms with Crippen molar-refractivity contribution in [1.29, 1.82) is 0 Å². The molecule has 0 amide bonds. The topological polar surface area (TPSA) is 78.0 Å². The van der Waals surface area contributed by atoms with Crippen LogP contribution in [0.15, 0.2) is 17.6 Å². The van der Waals surface area contributed by atoms with E-state index in [-0.39, 0.29) is 0 Å². The van der Waals surface area contributed by atoms with E-state index in [0.717, 1.165) is 17.3 Å². The molecule has 3 N–H and O–H groups in total. The molecule has 90 valence electrons. The van der Waals surface area contributed by atoms with Crippen LogP contribution in [0.2, 0.25) is 0 Å². The average molecular weight is 243 g/mol. The molecule has 0 fully saturated rings. The summed E-state index contributed by atoms with van der Waals surface area (Å²) in [5.41, 5.74) is -0.830. The zero-order chi connectivity index (χ0) is 12.0. The van der Waals surface area contributed by atoms with Crippen molar-refractivity contribution in [2.75, 3.05) is 12.8 Å². The molecule has 1 rings (SSSR count). The number of likely N-dealkylation sites (N-methyl/N-ethyl adjacent to an activating group) is 1. The van der Waals surface area contributed by atoms with E-state index in [9.17, 15) is 4.79 Å². The maximum Gasteiger partial charge on any atom is 0.323 e. The molecule has 16 heavy (non-hydrogen) atoms. The van der Waals surface area contributed by atoms with Gasteiger partial charge in [0, 0.05) is 18.1 Å². The van der Waals surface area contributed by atoms with Gasteiger partial charge in [-0.05, 0) is 26.8 Å². The Hall–Kier alpha value is -1.01. The summed E-state index contributed by atoms with van der Waals surface area (Å²) < 4.78 is 0. The van der Waals surface area contributed by atoms with E-state index in [1.54, 1.807) is 38.1 Å². The lowest BCUT2D eigenvalue weighted by Gasteiger charge is -2.23. The Kier molecular flexibility index (Phi) is 4.82. The number of carboxylic acids is 1. The number of hydrogen-bond acceptors (Lipinski definition) is 4. The molecule has 0 aromatic carbocycles. The second kappa shape index (κ2) is 5.91. The molecular formula is C10H17N3O2S. The third-order valence-electron chi connectivity index (χ3n) is 2.56. The van der Waals surface area contributed by atoms with Gasteiger partial charge < -0.3 is 15.4 Å². The van der Waals surface area contributed by atoms with Gasteiger partial charge in [0.15, 0.2) is 5.16 Å². The molecule has 0 aliphatic rings. The highest BCUT2D eigenvalue weighted by Gasteiger charge is 2.30. The van der Waals surface area contributed by atoms with Crippen LogP contribution in [0.3, 0.4) is 0 Å². The van der Waals surface area contributed by atoms with Crippen LogP contribution < -0.4 is 5.32 Å². The van der Waals surface area contributed by atoms with Crippen LogP contribution in [0.1, 0.15) is 19.8 Å². The zero-order valence-electron chi connectivity index (χ0n) is 9.49. The number of rotatable bonds is 7. The summed E-state index contributed by atoms with van der Waals surface area (Å²) in [5.74, 6) is 0.0518. The van der Waals surface area contributed by atoms with Gasteiger partial charge in [0.05, 0.1) is 0 Å². The summed E-state index contributed by atoms with van der Waals surface area (Å²) in [5, 5.41) is 12.7. The first-order valence-electron chi connectivity index (χ1n) is 5.13. The van der Waals surface area contributed by atoms with Crippen molar-refractivity contribution in [3.05, 3.63) is 12.4 Å². The SMILES string of the molecule is CNC(C)(CCCSc1ncc[nH]1)C(=O)O. The second-order valence-corrected chi connectivity index (χ2v) is 4.82. The summed E-state index contributed by atoms with van der Waals surface area (Å²) >= 11 is 1.60. The van der Waals surface area contributed by atoms with E-state index in [0.29, 0.717) is 6.42 Å². The Morgan fingerprint density at radius 3 is 3.00 bits per heavy atom. The van der Waals surface area contributed by atoms with Crippen LogP contribution in [-0.2, 0) is 4.79 Å². The Morgan fingerprint density at radius 1 is 1.75 bits per heavy atom. The van der Waals surface area contributed by atoms with Crippen LogP contribution >= 0.6 is 11.8 Å². The fourth-order valence-electron chi connectivity index (χ4n) is 1.26. The van der Waals surface area contributed by atoms with Gasteiger partial charge >= 0.3 is 5.97 Å². The number of aliphatic carboxylic acids is 1. The average Bonchev–Trinajstić information content (AvgIpc) is 2.76. The number of aromatic nitrogens is 2. The normalized spacial score (nSPS) is 14.6. The molecule has 1 atom stereocenters. The van der Waals surface area contributed by atoms with Gasteiger partial charge in [-0.3, -0.25) is 4.79 Å². The van der Waals surface area contributed by atoms with Crippen molar-refractivity contribution in [1.82, 2.24) is 15.3 Å². The molecule has 0 aliphatic heterocycles. The minimum absolute atomic E-state index is 0.604. The molecule has 6 heteroatoms. The lowest BCUT2D eigenvalue weighted by Crippen LogP contribution is -2.47. The van der Waals surface area contributed by atoms with Gasteiger partial charge in [-0.2, -0.15) is 0 Å². The van der Waals surface area contributed by atoms with Crippen molar-refractivity contribution in [2.45, 2.75) is 30.5 Å². The van der Waals surface area contributed by atoms with Crippen molar-refractivity contribution < 1.29 is 9.90 Å². The Balaban J connectivity index is 2.26. The van der Waals surface area contributed by atoms with Gasteiger partial charge in [-0.15, -0.1) is 0 Å². The van der Waals surface area contributed by atoms with Crippen molar-refractivity contribution >= 4 is 17.7 Å². The molecule has 0 saturated heterocycles. The van der Waals surface area contributed by atoms with Crippen LogP contribution in [0.4, 0.5) is 0 Å². The highest BCUT2D eigenvalue weighted by molar-refractivity contribution is 7.99. The van der Waals surface area contributed by atoms with Crippen LogP contribution in [0, 0.1) is 0 Å². The number of carboxylic acid groups (broad SMARTS) is 1. The van der Waals surface area contributed by atoms with E-state index in [1.165, 1.54) is 0 Å². The number of imidazole rings is 1. The van der Waals surface area contributed by atoms with E-state index in [1.807, 2.05) is 0 Å². The molecular weight excluding hydrogens is 226 g/mol. The molecule has 1 heterocycles.